The first-order chi connectivity index (χ1) is 16.1. The number of carbonyl (C=O) groups is 2. The molecule has 0 aliphatic heterocycles. The molecule has 2 amide bonds. The highest BCUT2D eigenvalue weighted by Crippen LogP contribution is 2.12. The maximum Gasteiger partial charge on any atom is 0.253 e. The largest absolute Gasteiger partial charge is 0.370 e. The van der Waals surface area contributed by atoms with Gasteiger partial charge in [-0.25, -0.2) is 13.8 Å². The highest BCUT2D eigenvalue weighted by atomic mass is 127. The van der Waals surface area contributed by atoms with Gasteiger partial charge in [0.15, 0.2) is 5.96 Å². The second kappa shape index (κ2) is 13.2. The summed E-state index contributed by atoms with van der Waals surface area (Å²) in [5.74, 6) is -1.41. The molecule has 2 rings (SSSR count). The summed E-state index contributed by atoms with van der Waals surface area (Å²) in [4.78, 5) is 31.1. The number of sulfonamides is 1. The van der Waals surface area contributed by atoms with E-state index in [-0.39, 0.29) is 30.2 Å². The first-order valence-corrected chi connectivity index (χ1v) is 12.9. The van der Waals surface area contributed by atoms with Gasteiger partial charge in [-0.05, 0) is 65.3 Å². The summed E-state index contributed by atoms with van der Waals surface area (Å²) >= 11 is 2.06. The molecule has 2 atom stereocenters. The van der Waals surface area contributed by atoms with Crippen molar-refractivity contribution in [3.63, 3.8) is 0 Å². The van der Waals surface area contributed by atoms with Gasteiger partial charge in [-0.3, -0.25) is 14.6 Å². The molecule has 2 aromatic carbocycles. The van der Waals surface area contributed by atoms with E-state index in [9.17, 15) is 18.0 Å². The summed E-state index contributed by atoms with van der Waals surface area (Å²) in [5, 5.41) is 2.60. The van der Waals surface area contributed by atoms with Crippen molar-refractivity contribution in [3.8, 4) is 0 Å². The van der Waals surface area contributed by atoms with Gasteiger partial charge in [0.2, 0.25) is 11.8 Å². The molecule has 0 unspecified atom stereocenters. The van der Waals surface area contributed by atoms with Gasteiger partial charge in [-0.15, -0.1) is 4.83 Å². The molecule has 184 valence electrons. The highest BCUT2D eigenvalue weighted by Gasteiger charge is 2.26. The number of guanidine groups is 1. The molecule has 13 heteroatoms. The molecule has 0 aromatic heterocycles. The predicted octanol–water partition coefficient (Wildman–Crippen LogP) is -0.291. The van der Waals surface area contributed by atoms with Crippen LogP contribution < -0.4 is 32.8 Å². The topological polar surface area (TPSA) is 195 Å². The number of nitrogens with two attached hydrogens (primary N) is 3. The number of amides is 2. The molecule has 0 saturated carbocycles. The normalized spacial score (nSPS) is 13.0. The van der Waals surface area contributed by atoms with Crippen molar-refractivity contribution in [2.24, 2.45) is 22.2 Å². The number of benzene rings is 2. The summed E-state index contributed by atoms with van der Waals surface area (Å²) in [7, 11) is -3.95. The summed E-state index contributed by atoms with van der Waals surface area (Å²) in [6.45, 7) is 0.237. The van der Waals surface area contributed by atoms with Gasteiger partial charge in [0.25, 0.3) is 10.0 Å². The van der Waals surface area contributed by atoms with Gasteiger partial charge in [0.05, 0.1) is 4.90 Å². The molecule has 0 heterocycles. The van der Waals surface area contributed by atoms with Gasteiger partial charge in [-0.1, -0.05) is 30.3 Å². The van der Waals surface area contributed by atoms with E-state index < -0.39 is 33.9 Å². The number of nitrogens with zero attached hydrogens (tertiary/aromatic N) is 1. The molecule has 0 aliphatic carbocycles. The quantitative estimate of drug-likeness (QED) is 0.0597. The van der Waals surface area contributed by atoms with Gasteiger partial charge >= 0.3 is 0 Å². The lowest BCUT2D eigenvalue weighted by Crippen LogP contribution is -2.56. The third kappa shape index (κ3) is 9.24. The Balaban J connectivity index is 2.12. The maximum atomic E-state index is 13.0. The zero-order chi connectivity index (χ0) is 25.1. The number of hydrazine groups is 1. The van der Waals surface area contributed by atoms with Crippen LogP contribution >= 0.6 is 22.6 Å². The van der Waals surface area contributed by atoms with E-state index in [2.05, 4.69) is 43.2 Å². The molecular formula is C21H28IN7O4S. The summed E-state index contributed by atoms with van der Waals surface area (Å²) in [6.07, 6.45) is 0.736. The molecule has 0 fully saturated rings. The first kappa shape index (κ1) is 27.5. The van der Waals surface area contributed by atoms with Crippen LogP contribution in [0.15, 0.2) is 64.5 Å². The van der Waals surface area contributed by atoms with Crippen molar-refractivity contribution in [1.29, 1.82) is 0 Å². The maximum absolute atomic E-state index is 13.0. The number of hydrogen-bond donors (Lipinski definition) is 6. The van der Waals surface area contributed by atoms with Gasteiger partial charge in [0.1, 0.15) is 12.1 Å². The number of hydrogen-bond acceptors (Lipinski definition) is 6. The Kier molecular flexibility index (Phi) is 10.7. The van der Waals surface area contributed by atoms with Crippen molar-refractivity contribution >= 4 is 50.4 Å². The molecule has 0 saturated heterocycles. The minimum absolute atomic E-state index is 0.0270. The van der Waals surface area contributed by atoms with Crippen molar-refractivity contribution in [2.75, 3.05) is 6.54 Å². The lowest BCUT2D eigenvalue weighted by molar-refractivity contribution is -0.128. The van der Waals surface area contributed by atoms with Gasteiger partial charge in [0, 0.05) is 16.5 Å². The summed E-state index contributed by atoms with van der Waals surface area (Å²) in [6, 6.07) is 13.2. The molecule has 0 spiro atoms. The van der Waals surface area contributed by atoms with Crippen molar-refractivity contribution < 1.29 is 18.0 Å². The average molecular weight is 601 g/mol. The fourth-order valence-electron chi connectivity index (χ4n) is 2.94. The van der Waals surface area contributed by atoms with Crippen molar-refractivity contribution in [1.82, 2.24) is 15.6 Å². The second-order valence-electron chi connectivity index (χ2n) is 7.36. The Morgan fingerprint density at radius 2 is 1.62 bits per heavy atom. The van der Waals surface area contributed by atoms with Gasteiger partial charge in [-0.2, -0.15) is 0 Å². The van der Waals surface area contributed by atoms with Crippen LogP contribution in [0.2, 0.25) is 0 Å². The van der Waals surface area contributed by atoms with Crippen LogP contribution in [0.3, 0.4) is 0 Å². The SMILES string of the molecule is NC(=O)[C@H](Cc1ccccc1)NC(=O)[C@H](CCCN=C(N)N)NNS(=O)(=O)c1ccc(I)cc1. The zero-order valence-corrected chi connectivity index (χ0v) is 21.3. The Labute approximate surface area is 212 Å². The lowest BCUT2D eigenvalue weighted by Gasteiger charge is -2.22. The van der Waals surface area contributed by atoms with E-state index in [0.717, 1.165) is 9.13 Å². The van der Waals surface area contributed by atoms with E-state index in [1.165, 1.54) is 12.1 Å². The number of halogens is 1. The molecule has 2 aromatic rings. The number of rotatable bonds is 13. The van der Waals surface area contributed by atoms with Crippen LogP contribution in [-0.2, 0) is 26.0 Å². The highest BCUT2D eigenvalue weighted by molar-refractivity contribution is 14.1. The molecule has 0 radical (unpaired) electrons. The molecule has 34 heavy (non-hydrogen) atoms. The monoisotopic (exact) mass is 601 g/mol. The van der Waals surface area contributed by atoms with Crippen LogP contribution in [0, 0.1) is 3.57 Å². The Morgan fingerprint density at radius 3 is 2.21 bits per heavy atom. The number of aliphatic imine (C=N–C) groups is 1. The third-order valence-corrected chi connectivity index (χ3v) is 6.69. The van der Waals surface area contributed by atoms with Crippen LogP contribution in [0.5, 0.6) is 0 Å². The van der Waals surface area contributed by atoms with Crippen LogP contribution in [0.25, 0.3) is 0 Å². The van der Waals surface area contributed by atoms with E-state index >= 15 is 0 Å². The second-order valence-corrected chi connectivity index (χ2v) is 10.3. The van der Waals surface area contributed by atoms with Crippen LogP contribution in [-0.4, -0.2) is 44.8 Å². The lowest BCUT2D eigenvalue weighted by atomic mass is 10.0. The standard InChI is InChI=1S/C21H28IN7O4S/c22-15-8-10-16(11-9-15)34(32,33)29-28-17(7-4-12-26-21(24)25)20(31)27-18(19(23)30)13-14-5-2-1-3-6-14/h1-3,5-6,8-11,17-18,28-29H,4,7,12-13H2,(H2,23,30)(H,27,31)(H4,24,25,26)/t17-,18-/m0/s1. The molecular weight excluding hydrogens is 573 g/mol. The molecule has 9 N–H and O–H groups in total. The average Bonchev–Trinajstić information content (AvgIpc) is 2.78. The predicted molar refractivity (Wildman–Crippen MR) is 138 cm³/mol. The third-order valence-electron chi connectivity index (χ3n) is 4.70. The van der Waals surface area contributed by atoms with E-state index in [1.807, 2.05) is 30.3 Å². The summed E-state index contributed by atoms with van der Waals surface area (Å²) < 4.78 is 26.1. The van der Waals surface area contributed by atoms with E-state index in [0.29, 0.717) is 6.42 Å². The molecule has 11 nitrogen and oxygen atoms in total. The van der Waals surface area contributed by atoms with Crippen LogP contribution in [0.4, 0.5) is 0 Å². The molecule has 0 aliphatic rings. The number of nitrogens with one attached hydrogen (secondary N) is 3. The van der Waals surface area contributed by atoms with Crippen molar-refractivity contribution in [2.45, 2.75) is 36.2 Å². The number of primary amides is 1. The Morgan fingerprint density at radius 1 is 0.971 bits per heavy atom. The van der Waals surface area contributed by atoms with Crippen LogP contribution in [0.1, 0.15) is 18.4 Å². The van der Waals surface area contributed by atoms with Gasteiger partial charge < -0.3 is 22.5 Å². The Bertz CT molecular complexity index is 1090. The zero-order valence-electron chi connectivity index (χ0n) is 18.3. The first-order valence-electron chi connectivity index (χ1n) is 10.3. The number of carbonyl (C=O) groups excluding carboxylic acids is 2. The van der Waals surface area contributed by atoms with E-state index in [4.69, 9.17) is 17.2 Å². The Hall–Kier alpha value is -2.75. The smallest absolute Gasteiger partial charge is 0.253 e. The summed E-state index contributed by atoms with van der Waals surface area (Å²) in [5.41, 5.74) is 19.5. The molecule has 0 bridgehead atoms. The van der Waals surface area contributed by atoms with E-state index in [1.54, 1.807) is 12.1 Å². The minimum Gasteiger partial charge on any atom is -0.370 e. The fourth-order valence-corrected chi connectivity index (χ4v) is 4.21. The van der Waals surface area contributed by atoms with Crippen molar-refractivity contribution in [3.05, 3.63) is 63.7 Å². The fraction of sp³-hybridized carbons (Fsp3) is 0.286. The minimum atomic E-state index is -3.95.